The molecular weight excluding hydrogens is 651 g/mol. The van der Waals surface area contributed by atoms with Crippen LogP contribution in [0, 0.1) is 0 Å². The van der Waals surface area contributed by atoms with Crippen molar-refractivity contribution < 1.29 is 0 Å². The molecule has 0 saturated heterocycles. The van der Waals surface area contributed by atoms with Gasteiger partial charge in [-0.3, -0.25) is 4.57 Å². The molecule has 3 heterocycles. The van der Waals surface area contributed by atoms with Gasteiger partial charge in [-0.25, -0.2) is 9.97 Å². The minimum atomic E-state index is 0.651. The summed E-state index contributed by atoms with van der Waals surface area (Å²) in [6.45, 7) is 0. The lowest BCUT2D eigenvalue weighted by Gasteiger charge is -2.14. The van der Waals surface area contributed by atoms with Crippen molar-refractivity contribution in [2.24, 2.45) is 0 Å². The summed E-state index contributed by atoms with van der Waals surface area (Å²) in [5, 5.41) is 9.88. The van der Waals surface area contributed by atoms with Crippen LogP contribution in [0.4, 0.5) is 0 Å². The third-order valence-electron chi connectivity index (χ3n) is 10.4. The molecule has 11 rings (SSSR count). The average Bonchev–Trinajstić information content (AvgIpc) is 3.78. The van der Waals surface area contributed by atoms with Crippen LogP contribution >= 0.6 is 11.3 Å². The van der Waals surface area contributed by atoms with Crippen LogP contribution in [0.2, 0.25) is 0 Å². The van der Waals surface area contributed by atoms with Crippen LogP contribution < -0.4 is 0 Å². The summed E-state index contributed by atoms with van der Waals surface area (Å²) in [4.78, 5) is 10.8. The van der Waals surface area contributed by atoms with Gasteiger partial charge in [0.15, 0.2) is 0 Å². The number of fused-ring (bicyclic) bond motifs is 10. The summed E-state index contributed by atoms with van der Waals surface area (Å²) in [6, 6.07) is 62.9. The molecule has 0 atom stereocenters. The zero-order chi connectivity index (χ0) is 34.2. The fourth-order valence-corrected chi connectivity index (χ4v) is 9.32. The average molecular weight is 680 g/mol. The van der Waals surface area contributed by atoms with E-state index >= 15 is 0 Å². The lowest BCUT2D eigenvalue weighted by Crippen LogP contribution is -2.05. The molecule has 0 amide bonds. The number of aromatic nitrogens is 3. The Kier molecular flexibility index (Phi) is 6.42. The van der Waals surface area contributed by atoms with Crippen molar-refractivity contribution in [1.82, 2.24) is 14.5 Å². The zero-order valence-corrected chi connectivity index (χ0v) is 28.8. The van der Waals surface area contributed by atoms with Crippen LogP contribution in [0.5, 0.6) is 0 Å². The van der Waals surface area contributed by atoms with Crippen molar-refractivity contribution in [2.45, 2.75) is 0 Å². The molecule has 0 spiro atoms. The van der Waals surface area contributed by atoms with Crippen molar-refractivity contribution in [3.63, 3.8) is 0 Å². The molecule has 0 aliphatic rings. The molecule has 0 saturated carbocycles. The van der Waals surface area contributed by atoms with E-state index in [0.29, 0.717) is 5.95 Å². The van der Waals surface area contributed by atoms with E-state index in [-0.39, 0.29) is 0 Å². The van der Waals surface area contributed by atoms with Crippen LogP contribution in [0.1, 0.15) is 0 Å². The molecule has 8 aromatic carbocycles. The Bertz CT molecular complexity index is 3120. The minimum Gasteiger partial charge on any atom is -0.277 e. The maximum absolute atomic E-state index is 5.40. The van der Waals surface area contributed by atoms with Gasteiger partial charge in [-0.2, -0.15) is 0 Å². The van der Waals surface area contributed by atoms with Crippen LogP contribution in [-0.4, -0.2) is 14.5 Å². The van der Waals surface area contributed by atoms with Gasteiger partial charge in [0, 0.05) is 58.6 Å². The Morgan fingerprint density at radius 3 is 1.69 bits per heavy atom. The Morgan fingerprint density at radius 2 is 0.962 bits per heavy atom. The Morgan fingerprint density at radius 1 is 0.404 bits per heavy atom. The smallest absolute Gasteiger partial charge is 0.235 e. The molecule has 0 fully saturated rings. The van der Waals surface area contributed by atoms with Gasteiger partial charge in [0.25, 0.3) is 0 Å². The second-order valence-corrected chi connectivity index (χ2v) is 14.4. The summed E-state index contributed by atoms with van der Waals surface area (Å²) in [5.74, 6) is 0.651. The molecule has 0 bridgehead atoms. The van der Waals surface area contributed by atoms with Crippen LogP contribution in [0.3, 0.4) is 0 Å². The van der Waals surface area contributed by atoms with Gasteiger partial charge in [-0.05, 0) is 28.3 Å². The highest BCUT2D eigenvalue weighted by atomic mass is 32.1. The third kappa shape index (κ3) is 4.38. The van der Waals surface area contributed by atoms with Crippen molar-refractivity contribution in [3.05, 3.63) is 176 Å². The topological polar surface area (TPSA) is 30.7 Å². The molecule has 0 unspecified atom stereocenters. The van der Waals surface area contributed by atoms with Crippen molar-refractivity contribution in [3.8, 4) is 39.6 Å². The Labute approximate surface area is 303 Å². The third-order valence-corrected chi connectivity index (χ3v) is 11.6. The number of benzene rings is 8. The van der Waals surface area contributed by atoms with Crippen molar-refractivity contribution in [2.75, 3.05) is 0 Å². The highest BCUT2D eigenvalue weighted by Gasteiger charge is 2.23. The highest BCUT2D eigenvalue weighted by molar-refractivity contribution is 7.26. The molecule has 0 aliphatic carbocycles. The maximum atomic E-state index is 5.40. The fourth-order valence-electron chi connectivity index (χ4n) is 8.07. The molecule has 0 aliphatic heterocycles. The molecular formula is C48H29N3S. The first-order valence-electron chi connectivity index (χ1n) is 17.6. The van der Waals surface area contributed by atoms with E-state index in [1.165, 1.54) is 58.1 Å². The zero-order valence-electron chi connectivity index (χ0n) is 28.0. The Hall–Kier alpha value is -6.62. The first-order chi connectivity index (χ1) is 25.8. The molecule has 3 nitrogen and oxygen atoms in total. The minimum absolute atomic E-state index is 0.651. The summed E-state index contributed by atoms with van der Waals surface area (Å²) in [6.07, 6.45) is 0. The van der Waals surface area contributed by atoms with Gasteiger partial charge in [0.1, 0.15) is 0 Å². The van der Waals surface area contributed by atoms with Gasteiger partial charge >= 0.3 is 0 Å². The predicted molar refractivity (Wildman–Crippen MR) is 221 cm³/mol. The Balaban J connectivity index is 1.29. The lowest BCUT2D eigenvalue weighted by molar-refractivity contribution is 0.998. The standard InChI is InChI=1S/C48H29N3S/c1-3-15-32(16-4-1)41-29-42(33-17-5-2-6-18-33)50-48(49-41)51-45-35-20-10-8-14-31(35)25-27-38(45)36-21-11-22-37(46(36)51)39-23-12-24-40-44-34-19-9-7-13-30(34)26-28-43(44)52-47(39)40/h1-29H. The van der Waals surface area contributed by atoms with E-state index in [1.807, 2.05) is 23.5 Å². The molecule has 3 aromatic heterocycles. The molecule has 242 valence electrons. The molecule has 11 aromatic rings. The summed E-state index contributed by atoms with van der Waals surface area (Å²) < 4.78 is 4.92. The maximum Gasteiger partial charge on any atom is 0.235 e. The normalized spacial score (nSPS) is 11.8. The number of nitrogens with zero attached hydrogens (tertiary/aromatic N) is 3. The summed E-state index contributed by atoms with van der Waals surface area (Å²) in [5.41, 5.74) is 8.46. The van der Waals surface area contributed by atoms with Gasteiger partial charge in [-0.1, -0.05) is 164 Å². The second kappa shape index (κ2) is 11.5. The number of rotatable bonds is 4. The monoisotopic (exact) mass is 679 g/mol. The molecule has 0 radical (unpaired) electrons. The SMILES string of the molecule is c1ccc(-c2cc(-c3ccccc3)nc(-n3c4c(-c5cccc6c5sc5ccc7ccccc7c56)cccc4c4ccc5ccccc5c43)n2)cc1. The van der Waals surface area contributed by atoms with Crippen molar-refractivity contribution >= 4 is 74.9 Å². The van der Waals surface area contributed by atoms with Gasteiger partial charge in [0.05, 0.1) is 22.4 Å². The summed E-state index contributed by atoms with van der Waals surface area (Å²) in [7, 11) is 0. The van der Waals surface area contributed by atoms with E-state index in [2.05, 4.69) is 168 Å². The number of hydrogen-bond acceptors (Lipinski definition) is 3. The molecule has 4 heteroatoms. The molecule has 0 N–H and O–H groups in total. The van der Waals surface area contributed by atoms with Crippen LogP contribution in [-0.2, 0) is 0 Å². The van der Waals surface area contributed by atoms with Gasteiger partial charge < -0.3 is 0 Å². The van der Waals surface area contributed by atoms with Gasteiger partial charge in [-0.15, -0.1) is 11.3 Å². The lowest BCUT2D eigenvalue weighted by atomic mass is 9.98. The summed E-state index contributed by atoms with van der Waals surface area (Å²) >= 11 is 1.88. The molecule has 52 heavy (non-hydrogen) atoms. The quantitative estimate of drug-likeness (QED) is 0.185. The van der Waals surface area contributed by atoms with E-state index in [9.17, 15) is 0 Å². The van der Waals surface area contributed by atoms with E-state index in [0.717, 1.165) is 39.1 Å². The van der Waals surface area contributed by atoms with E-state index in [1.54, 1.807) is 0 Å². The number of para-hydroxylation sites is 1. The second-order valence-electron chi connectivity index (χ2n) is 13.3. The van der Waals surface area contributed by atoms with Crippen LogP contribution in [0.25, 0.3) is 103 Å². The first kappa shape index (κ1) is 29.1. The van der Waals surface area contributed by atoms with E-state index < -0.39 is 0 Å². The van der Waals surface area contributed by atoms with Crippen LogP contribution in [0.15, 0.2) is 176 Å². The largest absolute Gasteiger partial charge is 0.277 e. The predicted octanol–water partition coefficient (Wildman–Crippen LogP) is 13.2. The van der Waals surface area contributed by atoms with E-state index in [4.69, 9.17) is 9.97 Å². The first-order valence-corrected chi connectivity index (χ1v) is 18.4. The van der Waals surface area contributed by atoms with Gasteiger partial charge in [0.2, 0.25) is 5.95 Å². The number of thiophene rings is 1. The van der Waals surface area contributed by atoms with Crippen molar-refractivity contribution in [1.29, 1.82) is 0 Å². The fraction of sp³-hybridized carbons (Fsp3) is 0. The highest BCUT2D eigenvalue weighted by Crippen LogP contribution is 2.46. The number of hydrogen-bond donors (Lipinski definition) is 0.